The molecule has 0 spiro atoms. The van der Waals surface area contributed by atoms with Crippen molar-refractivity contribution in [3.05, 3.63) is 45.9 Å². The molecule has 0 radical (unpaired) electrons. The van der Waals surface area contributed by atoms with Gasteiger partial charge in [0.1, 0.15) is 5.56 Å². The summed E-state index contributed by atoms with van der Waals surface area (Å²) in [6, 6.07) is 3.33. The highest BCUT2D eigenvalue weighted by atomic mass is 32.2. The van der Waals surface area contributed by atoms with E-state index in [1.54, 1.807) is 0 Å². The summed E-state index contributed by atoms with van der Waals surface area (Å²) in [5.41, 5.74) is -0.946. The van der Waals surface area contributed by atoms with Crippen molar-refractivity contribution >= 4 is 29.0 Å². The van der Waals surface area contributed by atoms with Gasteiger partial charge in [0.2, 0.25) is 0 Å². The van der Waals surface area contributed by atoms with Gasteiger partial charge in [-0.25, -0.2) is 4.98 Å². The molecule has 0 aliphatic carbocycles. The number of benzene rings is 1. The molecule has 1 amide bonds. The number of thioether (sulfide) groups is 1. The Morgan fingerprint density at radius 3 is 2.62 bits per heavy atom. The zero-order valence-corrected chi connectivity index (χ0v) is 16.3. The smallest absolute Gasteiger partial charge is 0.370 e. The van der Waals surface area contributed by atoms with Crippen LogP contribution in [0.1, 0.15) is 35.2 Å². The van der Waals surface area contributed by atoms with Crippen molar-refractivity contribution in [1.29, 1.82) is 0 Å². The van der Waals surface area contributed by atoms with Crippen molar-refractivity contribution in [1.82, 2.24) is 9.55 Å². The van der Waals surface area contributed by atoms with Crippen LogP contribution in [0, 0.1) is 0 Å². The van der Waals surface area contributed by atoms with Gasteiger partial charge >= 0.3 is 6.18 Å². The van der Waals surface area contributed by atoms with Crippen molar-refractivity contribution in [3.8, 4) is 0 Å². The van der Waals surface area contributed by atoms with Gasteiger partial charge in [0.15, 0.2) is 5.16 Å². The third kappa shape index (κ3) is 3.98. The first-order chi connectivity index (χ1) is 13.8. The van der Waals surface area contributed by atoms with Gasteiger partial charge in [0.05, 0.1) is 16.9 Å². The number of carbonyl (C=O) groups is 1. The van der Waals surface area contributed by atoms with E-state index in [2.05, 4.69) is 10.3 Å². The zero-order chi connectivity index (χ0) is 20.6. The summed E-state index contributed by atoms with van der Waals surface area (Å²) >= 11 is 1.42. The topological polar surface area (TPSA) is 67.2 Å². The highest BCUT2D eigenvalue weighted by molar-refractivity contribution is 7.99. The number of anilines is 2. The summed E-state index contributed by atoms with van der Waals surface area (Å²) < 4.78 is 41.1. The first kappa shape index (κ1) is 19.8. The standard InChI is InChI=1S/C19H19F3N4O2S/c20-19(21,22)12-4-5-15(25-6-2-1-3-7-25)14(10-12)24-16(27)13-11-23-18-26(17(13)28)8-9-29-18/h4-5,10-11H,1-3,6-9H2,(H,24,27). The van der Waals surface area contributed by atoms with Crippen molar-refractivity contribution in [3.63, 3.8) is 0 Å². The van der Waals surface area contributed by atoms with E-state index in [1.165, 1.54) is 28.6 Å². The number of hydrogen-bond acceptors (Lipinski definition) is 5. The number of nitrogens with zero attached hydrogens (tertiary/aromatic N) is 3. The number of carbonyl (C=O) groups excluding carboxylic acids is 1. The highest BCUT2D eigenvalue weighted by Crippen LogP contribution is 2.36. The summed E-state index contributed by atoms with van der Waals surface area (Å²) in [4.78, 5) is 31.4. The summed E-state index contributed by atoms with van der Waals surface area (Å²) in [6.45, 7) is 1.86. The second kappa shape index (κ2) is 7.74. The summed E-state index contributed by atoms with van der Waals surface area (Å²) in [6.07, 6.45) is -0.416. The molecule has 2 aliphatic rings. The number of alkyl halides is 3. The van der Waals surface area contributed by atoms with Crippen LogP contribution in [0.25, 0.3) is 0 Å². The van der Waals surface area contributed by atoms with Crippen LogP contribution in [0.15, 0.2) is 34.3 Å². The molecule has 1 fully saturated rings. The van der Waals surface area contributed by atoms with E-state index in [9.17, 15) is 22.8 Å². The van der Waals surface area contributed by atoms with E-state index in [-0.39, 0.29) is 11.3 Å². The van der Waals surface area contributed by atoms with Crippen LogP contribution in [0.5, 0.6) is 0 Å². The third-order valence-electron chi connectivity index (χ3n) is 5.07. The van der Waals surface area contributed by atoms with E-state index in [1.807, 2.05) is 4.90 Å². The number of amides is 1. The molecule has 3 heterocycles. The number of hydrogen-bond donors (Lipinski definition) is 1. The molecule has 1 aromatic heterocycles. The first-order valence-corrected chi connectivity index (χ1v) is 10.3. The lowest BCUT2D eigenvalue weighted by Gasteiger charge is -2.31. The molecule has 6 nitrogen and oxygen atoms in total. The molecule has 2 aromatic rings. The fourth-order valence-corrected chi connectivity index (χ4v) is 4.50. The molecule has 1 saturated heterocycles. The number of halogens is 3. The molecule has 0 unspecified atom stereocenters. The lowest BCUT2D eigenvalue weighted by molar-refractivity contribution is -0.137. The molecule has 1 aromatic carbocycles. The lowest BCUT2D eigenvalue weighted by Crippen LogP contribution is -2.32. The van der Waals surface area contributed by atoms with E-state index < -0.39 is 23.2 Å². The maximum absolute atomic E-state index is 13.2. The maximum Gasteiger partial charge on any atom is 0.416 e. The fraction of sp³-hybridized carbons (Fsp3) is 0.421. The summed E-state index contributed by atoms with van der Waals surface area (Å²) in [5.74, 6) is -0.0627. The van der Waals surface area contributed by atoms with Crippen molar-refractivity contribution in [2.24, 2.45) is 0 Å². The van der Waals surface area contributed by atoms with Gasteiger partial charge in [0, 0.05) is 31.6 Å². The largest absolute Gasteiger partial charge is 0.416 e. The molecule has 4 rings (SSSR count). The van der Waals surface area contributed by atoms with E-state index in [4.69, 9.17) is 0 Å². The molecule has 1 N–H and O–H groups in total. The Morgan fingerprint density at radius 1 is 1.14 bits per heavy atom. The molecular formula is C19H19F3N4O2S. The zero-order valence-electron chi connectivity index (χ0n) is 15.5. The van der Waals surface area contributed by atoms with Crippen LogP contribution in [-0.2, 0) is 12.7 Å². The number of fused-ring (bicyclic) bond motifs is 1. The van der Waals surface area contributed by atoms with Gasteiger partial charge in [-0.1, -0.05) is 11.8 Å². The number of rotatable bonds is 3. The van der Waals surface area contributed by atoms with Crippen LogP contribution in [0.3, 0.4) is 0 Å². The minimum absolute atomic E-state index is 0.0472. The monoisotopic (exact) mass is 424 g/mol. The normalized spacial score (nSPS) is 16.6. The van der Waals surface area contributed by atoms with Gasteiger partial charge in [-0.3, -0.25) is 14.2 Å². The minimum atomic E-state index is -4.54. The number of piperidine rings is 1. The Morgan fingerprint density at radius 2 is 1.90 bits per heavy atom. The van der Waals surface area contributed by atoms with E-state index in [0.29, 0.717) is 36.2 Å². The van der Waals surface area contributed by atoms with Crippen LogP contribution >= 0.6 is 11.8 Å². The van der Waals surface area contributed by atoms with Gasteiger partial charge in [0.25, 0.3) is 11.5 Å². The fourth-order valence-electron chi connectivity index (χ4n) is 3.59. The van der Waals surface area contributed by atoms with Crippen molar-refractivity contribution < 1.29 is 18.0 Å². The highest BCUT2D eigenvalue weighted by Gasteiger charge is 2.32. The van der Waals surface area contributed by atoms with Crippen LogP contribution in [-0.4, -0.2) is 34.3 Å². The number of aromatic nitrogens is 2. The van der Waals surface area contributed by atoms with Crippen LogP contribution in [0.4, 0.5) is 24.5 Å². The van der Waals surface area contributed by atoms with Crippen molar-refractivity contribution in [2.75, 3.05) is 29.1 Å². The predicted molar refractivity (Wildman–Crippen MR) is 105 cm³/mol. The first-order valence-electron chi connectivity index (χ1n) is 9.35. The quantitative estimate of drug-likeness (QED) is 0.763. The lowest BCUT2D eigenvalue weighted by atomic mass is 10.1. The second-order valence-electron chi connectivity index (χ2n) is 6.99. The Balaban J connectivity index is 1.69. The number of nitrogens with one attached hydrogen (secondary N) is 1. The molecule has 29 heavy (non-hydrogen) atoms. The molecule has 0 bridgehead atoms. The molecule has 154 valence electrons. The minimum Gasteiger partial charge on any atom is -0.370 e. The Bertz CT molecular complexity index is 1000. The second-order valence-corrected chi connectivity index (χ2v) is 8.05. The summed E-state index contributed by atoms with van der Waals surface area (Å²) in [7, 11) is 0. The van der Waals surface area contributed by atoms with Crippen LogP contribution in [0.2, 0.25) is 0 Å². The Kier molecular flexibility index (Phi) is 5.28. The predicted octanol–water partition coefficient (Wildman–Crippen LogP) is 3.61. The van der Waals surface area contributed by atoms with Crippen molar-refractivity contribution in [2.45, 2.75) is 37.1 Å². The third-order valence-corrected chi connectivity index (χ3v) is 6.04. The molecule has 0 saturated carbocycles. The average Bonchev–Trinajstić information content (AvgIpc) is 3.18. The van der Waals surface area contributed by atoms with E-state index >= 15 is 0 Å². The van der Waals surface area contributed by atoms with Gasteiger partial charge in [-0.05, 0) is 37.5 Å². The maximum atomic E-state index is 13.2. The van der Waals surface area contributed by atoms with Crippen LogP contribution < -0.4 is 15.8 Å². The van der Waals surface area contributed by atoms with Gasteiger partial charge in [-0.15, -0.1) is 0 Å². The van der Waals surface area contributed by atoms with Gasteiger partial charge < -0.3 is 10.2 Å². The SMILES string of the molecule is O=C(Nc1cc(C(F)(F)F)ccc1N1CCCCC1)c1cnc2n(c1=O)CCS2. The Labute approximate surface area is 169 Å². The molecule has 0 atom stereocenters. The Hall–Kier alpha value is -2.49. The molecule has 2 aliphatic heterocycles. The van der Waals surface area contributed by atoms with Gasteiger partial charge in [-0.2, -0.15) is 13.2 Å². The molecule has 10 heteroatoms. The van der Waals surface area contributed by atoms with E-state index in [0.717, 1.165) is 31.4 Å². The summed E-state index contributed by atoms with van der Waals surface area (Å²) in [5, 5.41) is 3.07. The average molecular weight is 424 g/mol. The molecular weight excluding hydrogens is 405 g/mol.